The zero-order valence-electron chi connectivity index (χ0n) is 19.2. The van der Waals surface area contributed by atoms with Crippen LogP contribution in [0, 0.1) is 0 Å². The molecule has 0 aromatic heterocycles. The molecule has 0 bridgehead atoms. The van der Waals surface area contributed by atoms with E-state index in [0.29, 0.717) is 0 Å². The van der Waals surface area contributed by atoms with Crippen molar-refractivity contribution in [2.45, 2.75) is 0 Å². The number of fused-ring (bicyclic) bond motifs is 2. The fraction of sp³-hybridized carbons (Fsp3) is 0. The topological polar surface area (TPSA) is 0 Å². The molecule has 0 heteroatoms. The smallest absolute Gasteiger partial charge is 0.0000487 e. The maximum Gasteiger partial charge on any atom is -0.0000487 e. The molecule has 0 spiro atoms. The highest BCUT2D eigenvalue weighted by atomic mass is 14.3. The lowest BCUT2D eigenvalue weighted by Crippen LogP contribution is -1.97. The van der Waals surface area contributed by atoms with E-state index in [9.17, 15) is 0 Å². The van der Waals surface area contributed by atoms with Crippen LogP contribution in [0.25, 0.3) is 108 Å². The predicted molar refractivity (Wildman–Crippen MR) is 157 cm³/mol. The van der Waals surface area contributed by atoms with Crippen LogP contribution in [0.1, 0.15) is 0 Å². The van der Waals surface area contributed by atoms with Crippen LogP contribution in [0.5, 0.6) is 0 Å². The Labute approximate surface area is 204 Å². The summed E-state index contributed by atoms with van der Waals surface area (Å²) >= 11 is 0. The molecule has 0 aliphatic heterocycles. The summed E-state index contributed by atoms with van der Waals surface area (Å²) in [5.41, 5.74) is 0. The van der Waals surface area contributed by atoms with E-state index in [1.54, 1.807) is 0 Å². The van der Waals surface area contributed by atoms with E-state index in [1.807, 2.05) is 0 Å². The van der Waals surface area contributed by atoms with Crippen LogP contribution >= 0.6 is 0 Å². The van der Waals surface area contributed by atoms with Crippen molar-refractivity contribution in [1.82, 2.24) is 0 Å². The van der Waals surface area contributed by atoms with Crippen LogP contribution in [0.3, 0.4) is 0 Å². The molecule has 0 atom stereocenters. The lowest BCUT2D eigenvalue weighted by Gasteiger charge is -2.26. The molecule has 0 nitrogen and oxygen atoms in total. The molecule has 0 aliphatic carbocycles. The van der Waals surface area contributed by atoms with Gasteiger partial charge in [-0.1, -0.05) is 84.9 Å². The summed E-state index contributed by atoms with van der Waals surface area (Å²) in [5, 5.41) is 28.0. The zero-order valence-corrected chi connectivity index (χ0v) is 19.2. The number of hydrogen-bond donors (Lipinski definition) is 0. The van der Waals surface area contributed by atoms with Crippen LogP contribution < -0.4 is 0 Å². The molecule has 0 unspecified atom stereocenters. The maximum absolute atomic E-state index is 2.47. The summed E-state index contributed by atoms with van der Waals surface area (Å²) in [4.78, 5) is 0. The molecule has 0 aliphatic rings. The minimum Gasteiger partial charge on any atom is -0.0610 e. The predicted octanol–water partition coefficient (Wildman–Crippen LogP) is 10.4. The van der Waals surface area contributed by atoms with Crippen LogP contribution in [0.15, 0.2) is 97.1 Å². The molecule has 160 valence electrons. The highest BCUT2D eigenvalue weighted by molar-refractivity contribution is 6.55. The van der Waals surface area contributed by atoms with Gasteiger partial charge in [0.2, 0.25) is 0 Å². The Balaban J connectivity index is 1.72. The summed E-state index contributed by atoms with van der Waals surface area (Å²) in [5.74, 6) is 0. The first-order chi connectivity index (χ1) is 17.9. The van der Waals surface area contributed by atoms with E-state index >= 15 is 0 Å². The van der Waals surface area contributed by atoms with Crippen molar-refractivity contribution in [2.24, 2.45) is 0 Å². The third-order valence-corrected chi connectivity index (χ3v) is 9.33. The molecule has 11 aromatic rings. The number of hydrogen-bond acceptors (Lipinski definition) is 0. The van der Waals surface area contributed by atoms with Crippen LogP contribution in [0.4, 0.5) is 0 Å². The Hall–Kier alpha value is -4.68. The van der Waals surface area contributed by atoms with E-state index in [0.717, 1.165) is 0 Å². The van der Waals surface area contributed by atoms with Gasteiger partial charge in [-0.05, 0) is 120 Å². The van der Waals surface area contributed by atoms with Gasteiger partial charge in [0.25, 0.3) is 0 Å². The average Bonchev–Trinajstić information content (AvgIpc) is 2.93. The van der Waals surface area contributed by atoms with E-state index in [-0.39, 0.29) is 0 Å². The molecule has 11 aromatic carbocycles. The second kappa shape index (κ2) is 5.12. The van der Waals surface area contributed by atoms with Crippen LogP contribution in [-0.4, -0.2) is 0 Å². The molecule has 0 radical (unpaired) electrons. The van der Waals surface area contributed by atoms with Crippen LogP contribution in [-0.2, 0) is 0 Å². The second-order valence-corrected chi connectivity index (χ2v) is 10.8. The number of benzene rings is 11. The molecule has 0 fully saturated rings. The summed E-state index contributed by atoms with van der Waals surface area (Å²) in [6.07, 6.45) is 0. The fourth-order valence-corrected chi connectivity index (χ4v) is 8.08. The van der Waals surface area contributed by atoms with Crippen molar-refractivity contribution in [1.29, 1.82) is 0 Å². The summed E-state index contributed by atoms with van der Waals surface area (Å²) < 4.78 is 0. The summed E-state index contributed by atoms with van der Waals surface area (Å²) in [6.45, 7) is 0. The van der Waals surface area contributed by atoms with Gasteiger partial charge in [-0.2, -0.15) is 0 Å². The molecule has 0 amide bonds. The third-order valence-electron chi connectivity index (χ3n) is 9.33. The first-order valence-electron chi connectivity index (χ1n) is 12.8. The Morgan fingerprint density at radius 2 is 0.667 bits per heavy atom. The lowest BCUT2D eigenvalue weighted by atomic mass is 9.77. The van der Waals surface area contributed by atoms with Crippen molar-refractivity contribution in [3.8, 4) is 0 Å². The summed E-state index contributed by atoms with van der Waals surface area (Å²) in [6, 6.07) is 37.3. The molecule has 36 heavy (non-hydrogen) atoms. The van der Waals surface area contributed by atoms with Gasteiger partial charge in [0.15, 0.2) is 0 Å². The van der Waals surface area contributed by atoms with E-state index in [4.69, 9.17) is 0 Å². The third kappa shape index (κ3) is 1.55. The molecule has 0 saturated heterocycles. The van der Waals surface area contributed by atoms with Gasteiger partial charge >= 0.3 is 0 Å². The Morgan fingerprint density at radius 1 is 0.222 bits per heavy atom. The zero-order chi connectivity index (χ0) is 22.9. The van der Waals surface area contributed by atoms with Crippen molar-refractivity contribution in [3.05, 3.63) is 97.1 Å². The van der Waals surface area contributed by atoms with Crippen molar-refractivity contribution in [3.63, 3.8) is 0 Å². The largest absolute Gasteiger partial charge is 0.0610 e. The normalized spacial score (nSPS) is 13.6. The average molecular weight is 449 g/mol. The first kappa shape index (κ1) is 16.9. The molecular weight excluding hydrogens is 432 g/mol. The molecule has 0 N–H and O–H groups in total. The van der Waals surface area contributed by atoms with Gasteiger partial charge in [-0.15, -0.1) is 0 Å². The standard InChI is InChI=1S/C36H16/c1-3-17-11-13-24-25-14-12-19-8-7-18-9-10-22-15-20-5-2-6-23-26-16-21(4-1)27(17)32(24)34(26)36-33(25)30(19)29(18)31(22)35(36)28(20)23/h1-16H. The minimum absolute atomic E-state index is 1.33. The maximum atomic E-state index is 2.47. The number of rotatable bonds is 0. The van der Waals surface area contributed by atoms with E-state index in [1.165, 1.54) is 108 Å². The molecule has 11 rings (SSSR count). The van der Waals surface area contributed by atoms with Gasteiger partial charge in [0, 0.05) is 0 Å². The highest BCUT2D eigenvalue weighted by Crippen LogP contribution is 2.55. The molecule has 0 heterocycles. The molecule has 0 saturated carbocycles. The summed E-state index contributed by atoms with van der Waals surface area (Å²) in [7, 11) is 0. The van der Waals surface area contributed by atoms with Gasteiger partial charge in [0.05, 0.1) is 0 Å². The Morgan fingerprint density at radius 3 is 1.47 bits per heavy atom. The van der Waals surface area contributed by atoms with Crippen molar-refractivity contribution in [2.75, 3.05) is 0 Å². The van der Waals surface area contributed by atoms with Gasteiger partial charge in [-0.25, -0.2) is 0 Å². The first-order valence-corrected chi connectivity index (χ1v) is 12.8. The fourth-order valence-electron chi connectivity index (χ4n) is 8.08. The Kier molecular flexibility index (Phi) is 2.40. The van der Waals surface area contributed by atoms with Crippen molar-refractivity contribution < 1.29 is 0 Å². The van der Waals surface area contributed by atoms with E-state index < -0.39 is 0 Å². The second-order valence-electron chi connectivity index (χ2n) is 10.8. The van der Waals surface area contributed by atoms with Gasteiger partial charge in [0.1, 0.15) is 0 Å². The lowest BCUT2D eigenvalue weighted by molar-refractivity contribution is 1.81. The van der Waals surface area contributed by atoms with Gasteiger partial charge < -0.3 is 0 Å². The highest BCUT2D eigenvalue weighted by Gasteiger charge is 2.26. The van der Waals surface area contributed by atoms with Gasteiger partial charge in [-0.3, -0.25) is 0 Å². The van der Waals surface area contributed by atoms with E-state index in [2.05, 4.69) is 97.1 Å². The monoisotopic (exact) mass is 448 g/mol. The SMILES string of the molecule is c1cc2ccc3c4ccc5ccc6ccc7cc8cccc9c%10cc(c1)c2c3c%10c1c4c5c6c7c1c89. The minimum atomic E-state index is 1.33. The molecular formula is C36H16. The van der Waals surface area contributed by atoms with Crippen LogP contribution in [0.2, 0.25) is 0 Å². The van der Waals surface area contributed by atoms with Crippen molar-refractivity contribution >= 4 is 108 Å². The quantitative estimate of drug-likeness (QED) is 0.160. The Bertz CT molecular complexity index is 2670.